The first-order valence-corrected chi connectivity index (χ1v) is 6.35. The average molecular weight is 257 g/mol. The third kappa shape index (κ3) is 1.68. The predicted molar refractivity (Wildman–Crippen MR) is 75.0 cm³/mol. The lowest BCUT2D eigenvalue weighted by atomic mass is 10.2. The number of nitrogen functional groups attached to an aromatic ring is 1. The van der Waals surface area contributed by atoms with E-state index in [2.05, 4.69) is 22.1 Å². The molecule has 0 fully saturated rings. The summed E-state index contributed by atoms with van der Waals surface area (Å²) >= 11 is 0. The highest BCUT2D eigenvalue weighted by Gasteiger charge is 2.15. The van der Waals surface area contributed by atoms with Crippen molar-refractivity contribution in [3.05, 3.63) is 28.7 Å². The Hall–Kier alpha value is -2.37. The van der Waals surface area contributed by atoms with Gasteiger partial charge in [0.25, 0.3) is 5.56 Å². The van der Waals surface area contributed by atoms with Crippen LogP contribution in [-0.2, 0) is 6.54 Å². The van der Waals surface area contributed by atoms with E-state index in [9.17, 15) is 4.79 Å². The minimum Gasteiger partial charge on any atom is -0.382 e. The number of hydrogen-bond donors (Lipinski definition) is 2. The maximum Gasteiger partial charge on any atom is 0.265 e. The highest BCUT2D eigenvalue weighted by Crippen LogP contribution is 2.22. The second kappa shape index (κ2) is 4.38. The first-order chi connectivity index (χ1) is 9.24. The van der Waals surface area contributed by atoms with Crippen molar-refractivity contribution in [3.8, 4) is 0 Å². The van der Waals surface area contributed by atoms with Gasteiger partial charge in [-0.15, -0.1) is 0 Å². The molecule has 3 aromatic rings. The van der Waals surface area contributed by atoms with Gasteiger partial charge in [0.2, 0.25) is 0 Å². The molecule has 0 bridgehead atoms. The lowest BCUT2D eigenvalue weighted by molar-refractivity contribution is 0.630. The molecule has 0 aliphatic carbocycles. The van der Waals surface area contributed by atoms with E-state index in [-0.39, 0.29) is 11.4 Å². The number of fused-ring (bicyclic) bond motifs is 3. The number of hydrogen-bond acceptors (Lipinski definition) is 4. The molecule has 0 saturated carbocycles. The van der Waals surface area contributed by atoms with Gasteiger partial charge in [-0.25, -0.2) is 4.98 Å². The number of aryl methyl sites for hydroxylation is 1. The topological polar surface area (TPSA) is 89.6 Å². The smallest absolute Gasteiger partial charge is 0.265 e. The predicted octanol–water partition coefficient (Wildman–Crippen LogP) is 1.66. The summed E-state index contributed by atoms with van der Waals surface area (Å²) in [5.41, 5.74) is 7.01. The Bertz CT molecular complexity index is 802. The summed E-state index contributed by atoms with van der Waals surface area (Å²) in [6.07, 6.45) is 3.63. The number of nitrogens with two attached hydrogens (primary N) is 1. The van der Waals surface area contributed by atoms with Crippen molar-refractivity contribution in [2.24, 2.45) is 0 Å². The van der Waals surface area contributed by atoms with Crippen LogP contribution < -0.4 is 11.3 Å². The molecule has 0 amide bonds. The van der Waals surface area contributed by atoms with Gasteiger partial charge in [-0.1, -0.05) is 13.3 Å². The van der Waals surface area contributed by atoms with Gasteiger partial charge in [-0.3, -0.25) is 14.5 Å². The normalized spacial score (nSPS) is 11.4. The van der Waals surface area contributed by atoms with E-state index in [0.717, 1.165) is 18.2 Å². The summed E-state index contributed by atoms with van der Waals surface area (Å²) in [5, 5.41) is 8.09. The molecule has 0 aliphatic rings. The second-order valence-electron chi connectivity index (χ2n) is 4.54. The zero-order valence-corrected chi connectivity index (χ0v) is 10.7. The van der Waals surface area contributed by atoms with E-state index in [1.807, 2.05) is 12.1 Å². The van der Waals surface area contributed by atoms with Crippen LogP contribution >= 0.6 is 0 Å². The van der Waals surface area contributed by atoms with Crippen LogP contribution in [0, 0.1) is 0 Å². The van der Waals surface area contributed by atoms with Crippen molar-refractivity contribution in [3.63, 3.8) is 0 Å². The monoisotopic (exact) mass is 257 g/mol. The molecule has 0 spiro atoms. The van der Waals surface area contributed by atoms with E-state index in [1.54, 1.807) is 10.8 Å². The molecule has 0 aliphatic heterocycles. The number of unbranched alkanes of at least 4 members (excludes halogenated alkanes) is 1. The summed E-state index contributed by atoms with van der Waals surface area (Å²) < 4.78 is 1.69. The molecule has 19 heavy (non-hydrogen) atoms. The first kappa shape index (κ1) is 11.7. The second-order valence-corrected chi connectivity index (χ2v) is 4.54. The Morgan fingerprint density at radius 2 is 2.32 bits per heavy atom. The molecular formula is C13H15N5O. The fourth-order valence-corrected chi connectivity index (χ4v) is 2.33. The maximum atomic E-state index is 12.5. The van der Waals surface area contributed by atoms with Gasteiger partial charge < -0.3 is 5.73 Å². The third-order valence-electron chi connectivity index (χ3n) is 3.30. The highest BCUT2D eigenvalue weighted by atomic mass is 16.1. The van der Waals surface area contributed by atoms with Crippen molar-refractivity contribution in [2.75, 3.05) is 5.73 Å². The maximum absolute atomic E-state index is 12.5. The van der Waals surface area contributed by atoms with Crippen molar-refractivity contribution in [2.45, 2.75) is 26.3 Å². The third-order valence-corrected chi connectivity index (χ3v) is 3.30. The lowest BCUT2D eigenvalue weighted by Crippen LogP contribution is -2.22. The van der Waals surface area contributed by atoms with Gasteiger partial charge >= 0.3 is 0 Å². The zero-order valence-electron chi connectivity index (χ0n) is 10.7. The fraction of sp³-hybridized carbons (Fsp3) is 0.308. The molecule has 0 radical (unpaired) electrons. The van der Waals surface area contributed by atoms with Crippen LogP contribution in [0.15, 0.2) is 23.1 Å². The van der Waals surface area contributed by atoms with E-state index < -0.39 is 0 Å². The number of anilines is 1. The van der Waals surface area contributed by atoms with E-state index in [0.29, 0.717) is 23.1 Å². The molecule has 98 valence electrons. The van der Waals surface area contributed by atoms with Crippen molar-refractivity contribution in [1.29, 1.82) is 0 Å². The molecule has 0 aromatic carbocycles. The van der Waals surface area contributed by atoms with Gasteiger partial charge in [-0.2, -0.15) is 5.10 Å². The standard InChI is InChI=1S/C13H15N5O/c1-2-3-7-18-12-8(5-4-6-15-12)10-9(13(18)19)11(14)17-16-10/h4-6H,2-3,7H2,1H3,(H3,14,16,17). The Morgan fingerprint density at radius 3 is 3.11 bits per heavy atom. The van der Waals surface area contributed by atoms with Crippen LogP contribution in [0.25, 0.3) is 21.9 Å². The number of H-pyrrole nitrogens is 1. The van der Waals surface area contributed by atoms with Crippen LogP contribution in [-0.4, -0.2) is 19.7 Å². The summed E-state index contributed by atoms with van der Waals surface area (Å²) in [7, 11) is 0. The van der Waals surface area contributed by atoms with Crippen LogP contribution in [0.1, 0.15) is 19.8 Å². The minimum absolute atomic E-state index is 0.124. The first-order valence-electron chi connectivity index (χ1n) is 6.35. The van der Waals surface area contributed by atoms with Gasteiger partial charge in [0.15, 0.2) is 5.82 Å². The number of pyridine rings is 2. The minimum atomic E-state index is -0.124. The number of rotatable bonds is 3. The van der Waals surface area contributed by atoms with E-state index in [1.165, 1.54) is 0 Å². The van der Waals surface area contributed by atoms with Gasteiger partial charge in [0.05, 0.1) is 5.52 Å². The summed E-state index contributed by atoms with van der Waals surface area (Å²) in [6.45, 7) is 2.73. The van der Waals surface area contributed by atoms with Crippen LogP contribution in [0.3, 0.4) is 0 Å². The molecule has 3 aromatic heterocycles. The molecule has 3 rings (SSSR count). The van der Waals surface area contributed by atoms with Crippen molar-refractivity contribution < 1.29 is 0 Å². The Morgan fingerprint density at radius 1 is 1.47 bits per heavy atom. The fourth-order valence-electron chi connectivity index (χ4n) is 2.33. The SMILES string of the molecule is CCCCn1c(=O)c2c(N)n[nH]c2c2cccnc21. The van der Waals surface area contributed by atoms with Gasteiger partial charge in [0.1, 0.15) is 11.0 Å². The molecule has 0 atom stereocenters. The summed E-state index contributed by atoms with van der Waals surface area (Å²) in [5.74, 6) is 0.246. The Labute approximate surface area is 109 Å². The Kier molecular flexibility index (Phi) is 2.70. The quantitative estimate of drug-likeness (QED) is 0.746. The zero-order chi connectivity index (χ0) is 13.4. The number of aromatic amines is 1. The number of aromatic nitrogens is 4. The van der Waals surface area contributed by atoms with E-state index in [4.69, 9.17) is 5.73 Å². The molecule has 0 saturated heterocycles. The molecular weight excluding hydrogens is 242 g/mol. The summed E-state index contributed by atoms with van der Waals surface area (Å²) in [6, 6.07) is 3.76. The van der Waals surface area contributed by atoms with Crippen molar-refractivity contribution >= 4 is 27.8 Å². The van der Waals surface area contributed by atoms with Gasteiger partial charge in [-0.05, 0) is 18.6 Å². The average Bonchev–Trinajstić information content (AvgIpc) is 2.81. The van der Waals surface area contributed by atoms with Gasteiger partial charge in [0, 0.05) is 18.1 Å². The highest BCUT2D eigenvalue weighted by molar-refractivity contribution is 6.05. The van der Waals surface area contributed by atoms with Crippen molar-refractivity contribution in [1.82, 2.24) is 19.7 Å². The van der Waals surface area contributed by atoms with Crippen LogP contribution in [0.2, 0.25) is 0 Å². The lowest BCUT2D eigenvalue weighted by Gasteiger charge is -2.09. The molecule has 6 heteroatoms. The van der Waals surface area contributed by atoms with E-state index >= 15 is 0 Å². The molecule has 3 N–H and O–H groups in total. The van der Waals surface area contributed by atoms with Crippen LogP contribution in [0.4, 0.5) is 5.82 Å². The Balaban J connectivity index is 2.46. The number of nitrogens with one attached hydrogen (secondary N) is 1. The largest absolute Gasteiger partial charge is 0.382 e. The molecule has 3 heterocycles. The summed E-state index contributed by atoms with van der Waals surface area (Å²) in [4.78, 5) is 16.8. The number of nitrogens with zero attached hydrogens (tertiary/aromatic N) is 3. The van der Waals surface area contributed by atoms with Crippen LogP contribution in [0.5, 0.6) is 0 Å². The molecule has 0 unspecified atom stereocenters. The molecule has 6 nitrogen and oxygen atoms in total.